The van der Waals surface area contributed by atoms with Gasteiger partial charge in [-0.15, -0.1) is 0 Å². The molecule has 0 radical (unpaired) electrons. The maximum absolute atomic E-state index is 4.39. The zero-order chi connectivity index (χ0) is 52.1. The van der Waals surface area contributed by atoms with Crippen molar-refractivity contribution in [3.05, 3.63) is 232 Å². The van der Waals surface area contributed by atoms with Gasteiger partial charge in [0.2, 0.25) is 0 Å². The van der Waals surface area contributed by atoms with Gasteiger partial charge < -0.3 is 9.80 Å². The summed E-state index contributed by atoms with van der Waals surface area (Å²) in [4.78, 5) is 4.96. The Balaban J connectivity index is 1.32. The van der Waals surface area contributed by atoms with E-state index in [0.29, 0.717) is 13.0 Å². The van der Waals surface area contributed by atoms with E-state index in [-0.39, 0.29) is 21.7 Å². The van der Waals surface area contributed by atoms with E-state index in [9.17, 15) is 0 Å². The topological polar surface area (TPSA) is 6.48 Å². The number of fused-ring (bicyclic) bond motifs is 6. The van der Waals surface area contributed by atoms with E-state index >= 15 is 0 Å². The third kappa shape index (κ3) is 9.77. The first-order chi connectivity index (χ1) is 34.6. The molecule has 2 nitrogen and oxygen atoms in total. The van der Waals surface area contributed by atoms with E-state index < -0.39 is 5.41 Å². The first-order valence-electron chi connectivity index (χ1n) is 26.9. The summed E-state index contributed by atoms with van der Waals surface area (Å²) < 4.78 is 0. The van der Waals surface area contributed by atoms with Crippen LogP contribution in [0.2, 0.25) is 0 Å². The highest BCUT2D eigenvalue weighted by molar-refractivity contribution is 6.02. The van der Waals surface area contributed by atoms with E-state index in [4.69, 9.17) is 0 Å². The molecule has 3 aliphatic carbocycles. The van der Waals surface area contributed by atoms with Gasteiger partial charge >= 0.3 is 0 Å². The molecule has 0 N–H and O–H groups in total. The van der Waals surface area contributed by atoms with Gasteiger partial charge in [0.05, 0.1) is 5.41 Å². The minimum absolute atomic E-state index is 0.0307. The third-order valence-electron chi connectivity index (χ3n) is 15.6. The number of unbranched alkanes of at least 4 members (excludes halogenated alkanes) is 1. The molecule has 0 saturated heterocycles. The summed E-state index contributed by atoms with van der Waals surface area (Å²) in [5.41, 5.74) is 22.1. The van der Waals surface area contributed by atoms with Crippen molar-refractivity contribution in [3.63, 3.8) is 0 Å². The number of benzene rings is 6. The van der Waals surface area contributed by atoms with Crippen molar-refractivity contribution in [2.45, 2.75) is 143 Å². The average Bonchev–Trinajstić information content (AvgIpc) is 3.61. The predicted octanol–water partition coefficient (Wildman–Crippen LogP) is 19.1. The lowest BCUT2D eigenvalue weighted by Crippen LogP contribution is -2.29. The highest BCUT2D eigenvalue weighted by Crippen LogP contribution is 2.65. The van der Waals surface area contributed by atoms with Crippen LogP contribution in [0.15, 0.2) is 182 Å². The number of hydrogen-bond acceptors (Lipinski definition) is 2. The molecule has 0 aliphatic heterocycles. The highest BCUT2D eigenvalue weighted by atomic mass is 15.1. The van der Waals surface area contributed by atoms with Crippen LogP contribution < -0.4 is 9.80 Å². The van der Waals surface area contributed by atoms with Crippen molar-refractivity contribution < 1.29 is 0 Å². The smallest absolute Gasteiger partial charge is 0.0696 e. The Bertz CT molecular complexity index is 3100. The molecule has 73 heavy (non-hydrogen) atoms. The Morgan fingerprint density at radius 3 is 1.51 bits per heavy atom. The molecule has 0 heterocycles. The lowest BCUT2D eigenvalue weighted by molar-refractivity contribution is 0.590. The van der Waals surface area contributed by atoms with Crippen LogP contribution >= 0.6 is 0 Å². The summed E-state index contributed by atoms with van der Waals surface area (Å²) >= 11 is 0. The Morgan fingerprint density at radius 2 is 1.03 bits per heavy atom. The summed E-state index contributed by atoms with van der Waals surface area (Å²) in [5, 5.41) is 0. The Labute approximate surface area is 440 Å². The first-order valence-corrected chi connectivity index (χ1v) is 26.9. The number of aryl methyl sites for hydroxylation is 1. The Hall–Kier alpha value is -6.82. The van der Waals surface area contributed by atoms with Gasteiger partial charge in [0, 0.05) is 41.4 Å². The molecule has 0 bridgehead atoms. The average molecular weight is 959 g/mol. The molecule has 1 atom stereocenters. The monoisotopic (exact) mass is 959 g/mol. The van der Waals surface area contributed by atoms with Gasteiger partial charge in [-0.05, 0) is 180 Å². The zero-order valence-corrected chi connectivity index (χ0v) is 46.2. The van der Waals surface area contributed by atoms with Gasteiger partial charge in [-0.1, -0.05) is 206 Å². The fourth-order valence-corrected chi connectivity index (χ4v) is 11.3. The first kappa shape index (κ1) is 51.1. The maximum Gasteiger partial charge on any atom is 0.0696 e. The SMILES string of the molecule is C=C/C=C1\C(=C/CN(c2ccc(C(C)(C)C)cc2)c2ccc(C(C)(C)C)cc2)C2(C3=C(C=CC#CC3)c3ccc(CCCC)cc32)c2cc(N(c3ccc(C(C)(C)C)cc3)c3ccc(C(C)(C)C)cc3)ccc21. The summed E-state index contributed by atoms with van der Waals surface area (Å²) in [5.74, 6) is 7.06. The van der Waals surface area contributed by atoms with Gasteiger partial charge in [-0.25, -0.2) is 0 Å². The quantitative estimate of drug-likeness (QED) is 0.119. The standard InChI is InChI=1S/C71H78N2/c1-15-17-22-49-25-43-61-60-23-19-18-20-24-63(60)71(65(61)47-49)64(45-46-72(54-34-26-50(27-35-54)67(3,4)5)55-36-28-51(29-37-55)68(6,7)8)59(21-16-2)62-44-42-58(48-66(62)71)73(56-38-30-52(31-39-56)69(9,10)11)57-40-32-53(33-41-57)70(12,13)14/h16,19,21,23,25-45,47-48H,2,15,17,22,24,46H2,1,3-14H3/b59-21-,64-45+. The second-order valence-electron chi connectivity index (χ2n) is 24.8. The molecule has 2 heteroatoms. The summed E-state index contributed by atoms with van der Waals surface area (Å²) in [6.07, 6.45) is 15.2. The predicted molar refractivity (Wildman–Crippen MR) is 316 cm³/mol. The molecule has 372 valence electrons. The molecular weight excluding hydrogens is 881 g/mol. The number of allylic oxidation sites excluding steroid dienone is 8. The largest absolute Gasteiger partial charge is 0.338 e. The van der Waals surface area contributed by atoms with E-state index in [1.807, 2.05) is 6.08 Å². The van der Waals surface area contributed by atoms with Crippen molar-refractivity contribution in [3.8, 4) is 11.8 Å². The van der Waals surface area contributed by atoms with Crippen molar-refractivity contribution in [1.29, 1.82) is 0 Å². The van der Waals surface area contributed by atoms with Crippen molar-refractivity contribution >= 4 is 39.6 Å². The number of anilines is 5. The highest BCUT2D eigenvalue weighted by Gasteiger charge is 2.54. The van der Waals surface area contributed by atoms with E-state index in [1.54, 1.807) is 0 Å². The van der Waals surface area contributed by atoms with Crippen LogP contribution in [0, 0.1) is 11.8 Å². The van der Waals surface area contributed by atoms with Gasteiger partial charge in [-0.2, -0.15) is 0 Å². The lowest BCUT2D eigenvalue weighted by atomic mass is 9.68. The van der Waals surface area contributed by atoms with Crippen molar-refractivity contribution in [2.24, 2.45) is 0 Å². The van der Waals surface area contributed by atoms with Crippen molar-refractivity contribution in [2.75, 3.05) is 16.3 Å². The number of nitrogens with zero attached hydrogens (tertiary/aromatic N) is 2. The van der Waals surface area contributed by atoms with Gasteiger partial charge in [0.15, 0.2) is 0 Å². The summed E-state index contributed by atoms with van der Waals surface area (Å²) in [7, 11) is 0. The molecule has 3 aliphatic rings. The van der Waals surface area contributed by atoms with Gasteiger partial charge in [-0.3, -0.25) is 0 Å². The van der Waals surface area contributed by atoms with Crippen LogP contribution in [0.25, 0.3) is 11.1 Å². The minimum atomic E-state index is -0.633. The second kappa shape index (κ2) is 19.6. The summed E-state index contributed by atoms with van der Waals surface area (Å²) in [6, 6.07) is 51.6. The molecule has 0 fully saturated rings. The van der Waals surface area contributed by atoms with Crippen LogP contribution in [0.4, 0.5) is 28.4 Å². The van der Waals surface area contributed by atoms with Gasteiger partial charge in [0.1, 0.15) is 0 Å². The molecule has 1 spiro atoms. The molecule has 6 aromatic carbocycles. The van der Waals surface area contributed by atoms with Crippen LogP contribution in [0.3, 0.4) is 0 Å². The normalized spacial score (nSPS) is 17.3. The van der Waals surface area contributed by atoms with Crippen LogP contribution in [0.1, 0.15) is 159 Å². The lowest BCUT2D eigenvalue weighted by Gasteiger charge is -2.35. The van der Waals surface area contributed by atoms with Crippen LogP contribution in [-0.2, 0) is 33.5 Å². The van der Waals surface area contributed by atoms with Crippen LogP contribution in [-0.4, -0.2) is 6.54 Å². The fourth-order valence-electron chi connectivity index (χ4n) is 11.3. The number of rotatable bonds is 11. The molecule has 0 saturated carbocycles. The van der Waals surface area contributed by atoms with Crippen molar-refractivity contribution in [1.82, 2.24) is 0 Å². The molecule has 6 aromatic rings. The molecular formula is C71H78N2. The summed E-state index contributed by atoms with van der Waals surface area (Å²) in [6.45, 7) is 34.8. The van der Waals surface area contributed by atoms with Gasteiger partial charge in [0.25, 0.3) is 0 Å². The number of hydrogen-bond donors (Lipinski definition) is 0. The molecule has 0 amide bonds. The zero-order valence-electron chi connectivity index (χ0n) is 46.2. The van der Waals surface area contributed by atoms with E-state index in [2.05, 4.69) is 276 Å². The second-order valence-corrected chi connectivity index (χ2v) is 24.8. The van der Waals surface area contributed by atoms with Crippen LogP contribution in [0.5, 0.6) is 0 Å². The maximum atomic E-state index is 4.39. The fraction of sp³-hybridized carbons (Fsp3) is 0.324. The molecule has 9 rings (SSSR count). The molecule has 0 aromatic heterocycles. The molecule has 1 unspecified atom stereocenters. The minimum Gasteiger partial charge on any atom is -0.338 e. The third-order valence-corrected chi connectivity index (χ3v) is 15.6. The Morgan fingerprint density at radius 1 is 0.562 bits per heavy atom. The Kier molecular flexibility index (Phi) is 13.7. The van der Waals surface area contributed by atoms with E-state index in [1.165, 1.54) is 72.4 Å². The van der Waals surface area contributed by atoms with E-state index in [0.717, 1.165) is 47.7 Å².